The maximum absolute atomic E-state index is 9.46. The third kappa shape index (κ3) is 4.42. The van der Waals surface area contributed by atoms with Crippen molar-refractivity contribution in [1.29, 1.82) is 5.26 Å². The van der Waals surface area contributed by atoms with E-state index in [0.717, 1.165) is 0 Å². The van der Waals surface area contributed by atoms with Gasteiger partial charge in [-0.15, -0.1) is 0 Å². The van der Waals surface area contributed by atoms with E-state index in [1.165, 1.54) is 0 Å². The Kier molecular flexibility index (Phi) is 5.43. The van der Waals surface area contributed by atoms with Crippen molar-refractivity contribution in [1.82, 2.24) is 0 Å². The van der Waals surface area contributed by atoms with E-state index < -0.39 is 22.7 Å². The summed E-state index contributed by atoms with van der Waals surface area (Å²) in [7, 11) is -3.86. The minimum Gasteiger partial charge on any atom is -0.399 e. The molecule has 1 aliphatic heterocycles. The van der Waals surface area contributed by atoms with Crippen LogP contribution in [0.1, 0.15) is 41.5 Å². The molecule has 0 amide bonds. The molecule has 0 unspecified atom stereocenters. The summed E-state index contributed by atoms with van der Waals surface area (Å²) >= 11 is 0. The van der Waals surface area contributed by atoms with Gasteiger partial charge >= 0.3 is 0 Å². The summed E-state index contributed by atoms with van der Waals surface area (Å²) in [6, 6.07) is 2.27. The van der Waals surface area contributed by atoms with Crippen molar-refractivity contribution < 1.29 is 13.6 Å². The van der Waals surface area contributed by atoms with Crippen LogP contribution < -0.4 is 0 Å². The predicted octanol–water partition coefficient (Wildman–Crippen LogP) is 4.65. The van der Waals surface area contributed by atoms with E-state index >= 15 is 0 Å². The average molecular weight is 344 g/mol. The smallest absolute Gasteiger partial charge is 0.195 e. The molecule has 0 bridgehead atoms. The third-order valence-electron chi connectivity index (χ3n) is 5.35. The van der Waals surface area contributed by atoms with E-state index in [4.69, 9.17) is 13.6 Å². The molecule has 0 aliphatic carbocycles. The normalized spacial score (nSPS) is 24.8. The van der Waals surface area contributed by atoms with Gasteiger partial charge in [0.15, 0.2) is 29.0 Å². The lowest BCUT2D eigenvalue weighted by Crippen LogP contribution is -2.46. The Labute approximate surface area is 138 Å². The minimum absolute atomic E-state index is 0.0762. The third-order valence-corrected chi connectivity index (χ3v) is 14.2. The van der Waals surface area contributed by atoms with Crippen molar-refractivity contribution in [3.05, 3.63) is 0 Å². The van der Waals surface area contributed by atoms with Gasteiger partial charge in [0.25, 0.3) is 0 Å². The van der Waals surface area contributed by atoms with Crippen molar-refractivity contribution in [3.8, 4) is 6.07 Å². The second kappa shape index (κ2) is 6.02. The van der Waals surface area contributed by atoms with E-state index in [2.05, 4.69) is 73.8 Å². The second-order valence-corrected chi connectivity index (χ2v) is 18.8. The molecular weight excluding hydrogens is 310 g/mol. The maximum Gasteiger partial charge on any atom is 0.195 e. The zero-order chi connectivity index (χ0) is 17.6. The highest BCUT2D eigenvalue weighted by atomic mass is 28.4. The first-order chi connectivity index (χ1) is 9.62. The largest absolute Gasteiger partial charge is 0.399 e. The summed E-state index contributed by atoms with van der Waals surface area (Å²) < 4.78 is 18.1. The highest BCUT2D eigenvalue weighted by molar-refractivity contribution is 6.74. The number of ether oxygens (including phenoxy) is 1. The van der Waals surface area contributed by atoms with Crippen LogP contribution in [0.25, 0.3) is 0 Å². The quantitative estimate of drug-likeness (QED) is 0.538. The Bertz CT molecular complexity index is 444. The van der Waals surface area contributed by atoms with Crippen molar-refractivity contribution >= 4 is 16.6 Å². The fourth-order valence-corrected chi connectivity index (χ4v) is 3.85. The topological polar surface area (TPSA) is 54.8 Å². The van der Waals surface area contributed by atoms with Gasteiger partial charge in [-0.2, -0.15) is 5.26 Å². The number of epoxide rings is 1. The van der Waals surface area contributed by atoms with Gasteiger partial charge in [-0.05, 0) is 36.3 Å². The van der Waals surface area contributed by atoms with Crippen LogP contribution in [0.5, 0.6) is 0 Å². The van der Waals surface area contributed by atoms with Gasteiger partial charge in [0, 0.05) is 0 Å². The summed E-state index contributed by atoms with van der Waals surface area (Å²) in [6.07, 6.45) is -1.06. The van der Waals surface area contributed by atoms with E-state index in [1.807, 2.05) is 0 Å². The molecule has 6 heteroatoms. The van der Waals surface area contributed by atoms with Gasteiger partial charge in [-0.25, -0.2) is 0 Å². The average Bonchev–Trinajstić information content (AvgIpc) is 3.01. The molecule has 22 heavy (non-hydrogen) atoms. The maximum atomic E-state index is 9.46. The first-order valence-electron chi connectivity index (χ1n) is 8.03. The summed E-state index contributed by atoms with van der Waals surface area (Å²) in [5, 5.41) is 9.67. The number of nitrogens with zero attached hydrogens (tertiary/aromatic N) is 1. The Morgan fingerprint density at radius 2 is 1.41 bits per heavy atom. The van der Waals surface area contributed by atoms with E-state index in [1.54, 1.807) is 0 Å². The molecule has 3 atom stereocenters. The molecule has 1 fully saturated rings. The minimum atomic E-state index is -1.98. The molecule has 0 spiro atoms. The summed E-state index contributed by atoms with van der Waals surface area (Å²) in [6.45, 7) is 21.8. The molecule has 0 N–H and O–H groups in total. The first kappa shape index (κ1) is 19.8. The molecular formula is C16H33NO3Si2. The van der Waals surface area contributed by atoms with Crippen LogP contribution in [-0.4, -0.2) is 35.1 Å². The fraction of sp³-hybridized carbons (Fsp3) is 0.938. The second-order valence-electron chi connectivity index (χ2n) is 9.28. The van der Waals surface area contributed by atoms with Crippen molar-refractivity contribution in [3.63, 3.8) is 0 Å². The molecule has 0 aromatic heterocycles. The van der Waals surface area contributed by atoms with Crippen LogP contribution in [0.15, 0.2) is 0 Å². The van der Waals surface area contributed by atoms with Gasteiger partial charge in [0.05, 0.1) is 6.07 Å². The van der Waals surface area contributed by atoms with Gasteiger partial charge in [0.2, 0.25) is 0 Å². The molecule has 0 aromatic rings. The molecule has 0 saturated carbocycles. The van der Waals surface area contributed by atoms with Crippen molar-refractivity contribution in [2.75, 3.05) is 0 Å². The van der Waals surface area contributed by atoms with Gasteiger partial charge in [-0.1, -0.05) is 41.5 Å². The van der Waals surface area contributed by atoms with Crippen molar-refractivity contribution in [2.45, 2.75) is 96.3 Å². The van der Waals surface area contributed by atoms with Crippen LogP contribution in [0, 0.1) is 11.3 Å². The van der Waals surface area contributed by atoms with Gasteiger partial charge < -0.3 is 13.6 Å². The summed E-state index contributed by atoms with van der Waals surface area (Å²) in [4.78, 5) is 0. The zero-order valence-corrected chi connectivity index (χ0v) is 17.9. The standard InChI is InChI=1S/C16H33NO3Si2/c1-15(2,3)21(7,8)19-12(11-17)13-14(18-13)20-22(9,10)16(4,5)6/h12-14H,1-10H3/t12-,13-,14-/m0/s1. The highest BCUT2D eigenvalue weighted by Gasteiger charge is 2.54. The molecule has 0 aromatic carbocycles. The monoisotopic (exact) mass is 343 g/mol. The van der Waals surface area contributed by atoms with Crippen LogP contribution in [-0.2, 0) is 13.6 Å². The van der Waals surface area contributed by atoms with Gasteiger partial charge in [0.1, 0.15) is 6.10 Å². The number of rotatable bonds is 5. The van der Waals surface area contributed by atoms with Crippen LogP contribution in [0.4, 0.5) is 0 Å². The van der Waals surface area contributed by atoms with E-state index in [9.17, 15) is 5.26 Å². The summed E-state index contributed by atoms with van der Waals surface area (Å²) in [5.41, 5.74) is 0. The molecule has 1 heterocycles. The number of hydrogen-bond acceptors (Lipinski definition) is 4. The van der Waals surface area contributed by atoms with Crippen molar-refractivity contribution in [2.24, 2.45) is 0 Å². The SMILES string of the molecule is CC(C)(C)[Si](C)(C)O[C@@H]1O[C@H]1[C@H](C#N)O[Si](C)(C)C(C)(C)C. The Hall–Kier alpha value is -0.196. The highest BCUT2D eigenvalue weighted by Crippen LogP contribution is 2.43. The Morgan fingerprint density at radius 3 is 1.77 bits per heavy atom. The molecule has 0 radical (unpaired) electrons. The molecule has 1 aliphatic rings. The molecule has 4 nitrogen and oxygen atoms in total. The number of hydrogen-bond donors (Lipinski definition) is 0. The lowest BCUT2D eigenvalue weighted by Gasteiger charge is -2.37. The Morgan fingerprint density at radius 1 is 0.955 bits per heavy atom. The molecule has 1 saturated heterocycles. The lowest BCUT2D eigenvalue weighted by atomic mass is 10.2. The predicted molar refractivity (Wildman–Crippen MR) is 94.6 cm³/mol. The first-order valence-corrected chi connectivity index (χ1v) is 13.8. The molecule has 128 valence electrons. The van der Waals surface area contributed by atoms with Crippen LogP contribution in [0.3, 0.4) is 0 Å². The molecule has 1 rings (SSSR count). The van der Waals surface area contributed by atoms with Crippen LogP contribution >= 0.6 is 0 Å². The fourth-order valence-electron chi connectivity index (χ4n) is 1.55. The Balaban J connectivity index is 2.69. The van der Waals surface area contributed by atoms with Gasteiger partial charge in [-0.3, -0.25) is 0 Å². The van der Waals surface area contributed by atoms with Crippen LogP contribution in [0.2, 0.25) is 36.3 Å². The number of nitriles is 1. The van der Waals surface area contributed by atoms with E-state index in [-0.39, 0.29) is 22.5 Å². The summed E-state index contributed by atoms with van der Waals surface area (Å²) in [5.74, 6) is 0. The van der Waals surface area contributed by atoms with E-state index in [0.29, 0.717) is 0 Å². The lowest BCUT2D eigenvalue weighted by molar-refractivity contribution is 0.158. The zero-order valence-electron chi connectivity index (χ0n) is 15.9.